The smallest absolute Gasteiger partial charge is 0.243 e. The van der Waals surface area contributed by atoms with Crippen LogP contribution in [0.15, 0.2) is 57.9 Å². The zero-order valence-corrected chi connectivity index (χ0v) is 18.1. The number of rotatable bonds is 6. The third-order valence-electron chi connectivity index (χ3n) is 5.05. The fourth-order valence-corrected chi connectivity index (χ4v) is 5.21. The second-order valence-electron chi connectivity index (χ2n) is 7.04. The van der Waals surface area contributed by atoms with E-state index in [-0.39, 0.29) is 10.8 Å². The van der Waals surface area contributed by atoms with Gasteiger partial charge in [0, 0.05) is 18.1 Å². The van der Waals surface area contributed by atoms with Crippen LogP contribution in [0.2, 0.25) is 5.02 Å². The molecule has 30 heavy (non-hydrogen) atoms. The molecule has 3 aromatic rings. The number of benzene rings is 2. The fourth-order valence-electron chi connectivity index (χ4n) is 3.56. The Labute approximate surface area is 180 Å². The van der Waals surface area contributed by atoms with Crippen molar-refractivity contribution in [2.24, 2.45) is 0 Å². The lowest BCUT2D eigenvalue weighted by atomic mass is 10.00. The molecular weight excluding hydrogens is 426 g/mol. The number of aromatic nitrogens is 2. The van der Waals surface area contributed by atoms with E-state index in [1.54, 1.807) is 12.1 Å². The summed E-state index contributed by atoms with van der Waals surface area (Å²) in [6, 6.07) is 13.7. The van der Waals surface area contributed by atoms with Gasteiger partial charge in [-0.2, -0.15) is 9.29 Å². The van der Waals surface area contributed by atoms with Crippen LogP contribution < -0.4 is 4.74 Å². The van der Waals surface area contributed by atoms with Gasteiger partial charge in [0.1, 0.15) is 5.75 Å². The van der Waals surface area contributed by atoms with Gasteiger partial charge in [-0.25, -0.2) is 8.42 Å². The first-order valence-electron chi connectivity index (χ1n) is 9.80. The number of hydrogen-bond donors (Lipinski definition) is 0. The first-order chi connectivity index (χ1) is 14.5. The monoisotopic (exact) mass is 447 g/mol. The second kappa shape index (κ2) is 8.75. The number of halogens is 1. The molecule has 9 heteroatoms. The van der Waals surface area contributed by atoms with Crippen LogP contribution in [0.4, 0.5) is 0 Å². The van der Waals surface area contributed by atoms with E-state index < -0.39 is 10.0 Å². The Kier molecular flexibility index (Phi) is 6.08. The van der Waals surface area contributed by atoms with E-state index in [4.69, 9.17) is 20.9 Å². The molecule has 158 valence electrons. The van der Waals surface area contributed by atoms with E-state index in [1.165, 1.54) is 16.4 Å². The zero-order valence-electron chi connectivity index (χ0n) is 16.5. The topological polar surface area (TPSA) is 85.5 Å². The molecule has 2 heterocycles. The largest absolute Gasteiger partial charge is 0.493 e. The third-order valence-corrected chi connectivity index (χ3v) is 7.19. The molecule has 1 saturated heterocycles. The summed E-state index contributed by atoms with van der Waals surface area (Å²) in [4.78, 5) is 4.78. The fraction of sp³-hybridized carbons (Fsp3) is 0.333. The number of nitrogens with zero attached hydrogens (tertiary/aromatic N) is 3. The van der Waals surface area contributed by atoms with Gasteiger partial charge in [0.2, 0.25) is 21.7 Å². The van der Waals surface area contributed by atoms with Crippen molar-refractivity contribution in [2.75, 3.05) is 19.7 Å². The lowest BCUT2D eigenvalue weighted by Crippen LogP contribution is -2.39. The Morgan fingerprint density at radius 2 is 1.97 bits per heavy atom. The Bertz CT molecular complexity index is 1120. The van der Waals surface area contributed by atoms with Crippen LogP contribution in [-0.2, 0) is 10.0 Å². The number of para-hydroxylation sites is 1. The van der Waals surface area contributed by atoms with Crippen LogP contribution in [0.5, 0.6) is 5.75 Å². The predicted octanol–water partition coefficient (Wildman–Crippen LogP) is 4.36. The van der Waals surface area contributed by atoms with E-state index in [0.717, 1.165) is 12.0 Å². The van der Waals surface area contributed by atoms with Crippen LogP contribution in [-0.4, -0.2) is 42.6 Å². The highest BCUT2D eigenvalue weighted by molar-refractivity contribution is 7.89. The van der Waals surface area contributed by atoms with Gasteiger partial charge in [-0.3, -0.25) is 0 Å². The highest BCUT2D eigenvalue weighted by atomic mass is 35.5. The van der Waals surface area contributed by atoms with Crippen molar-refractivity contribution in [3.63, 3.8) is 0 Å². The average Bonchev–Trinajstić information content (AvgIpc) is 3.25. The molecule has 1 unspecified atom stereocenters. The Balaban J connectivity index is 1.55. The molecule has 0 spiro atoms. The summed E-state index contributed by atoms with van der Waals surface area (Å²) in [5.41, 5.74) is 0.746. The summed E-state index contributed by atoms with van der Waals surface area (Å²) in [5, 5.41) is 4.61. The molecule has 1 aliphatic rings. The maximum Gasteiger partial charge on any atom is 0.243 e. The Morgan fingerprint density at radius 1 is 1.20 bits per heavy atom. The van der Waals surface area contributed by atoms with Crippen LogP contribution in [0.3, 0.4) is 0 Å². The molecule has 7 nitrogen and oxygen atoms in total. The lowest BCUT2D eigenvalue weighted by molar-refractivity contribution is 0.265. The molecule has 0 saturated carbocycles. The molecule has 1 atom stereocenters. The van der Waals surface area contributed by atoms with Crippen LogP contribution >= 0.6 is 11.6 Å². The minimum atomic E-state index is -3.61. The zero-order chi connectivity index (χ0) is 21.1. The average molecular weight is 448 g/mol. The van der Waals surface area contributed by atoms with Crippen LogP contribution in [0, 0.1) is 0 Å². The second-order valence-corrected chi connectivity index (χ2v) is 9.42. The summed E-state index contributed by atoms with van der Waals surface area (Å²) >= 11 is 5.89. The first-order valence-corrected chi connectivity index (χ1v) is 11.6. The minimum Gasteiger partial charge on any atom is -0.493 e. The summed E-state index contributed by atoms with van der Waals surface area (Å²) in [6.07, 6.45) is 1.49. The number of piperidine rings is 1. The molecule has 0 N–H and O–H groups in total. The first kappa shape index (κ1) is 20.8. The van der Waals surface area contributed by atoms with Crippen LogP contribution in [0.25, 0.3) is 11.4 Å². The molecule has 1 aromatic heterocycles. The molecule has 0 amide bonds. The maximum atomic E-state index is 13.0. The van der Waals surface area contributed by atoms with Gasteiger partial charge in [0.15, 0.2) is 0 Å². The predicted molar refractivity (Wildman–Crippen MR) is 113 cm³/mol. The standard InChI is InChI=1S/C21H22ClN3O4S/c1-2-28-19-8-4-3-7-18(19)20-23-21(29-24-20)15-6-5-13-25(14-15)30(26,27)17-11-9-16(22)10-12-17/h3-4,7-12,15H,2,5-6,13-14H2,1H3. The summed E-state index contributed by atoms with van der Waals surface area (Å²) in [5.74, 6) is 1.39. The molecule has 0 aliphatic carbocycles. The van der Waals surface area contributed by atoms with Crippen molar-refractivity contribution < 1.29 is 17.7 Å². The summed E-state index contributed by atoms with van der Waals surface area (Å²) in [6.45, 7) is 3.19. The van der Waals surface area contributed by atoms with Gasteiger partial charge >= 0.3 is 0 Å². The van der Waals surface area contributed by atoms with E-state index in [2.05, 4.69) is 10.1 Å². The minimum absolute atomic E-state index is 0.165. The lowest BCUT2D eigenvalue weighted by Gasteiger charge is -2.30. The van der Waals surface area contributed by atoms with Gasteiger partial charge in [-0.05, 0) is 56.2 Å². The highest BCUT2D eigenvalue weighted by Crippen LogP contribution is 2.33. The Hall–Kier alpha value is -2.42. The molecule has 1 fully saturated rings. The van der Waals surface area contributed by atoms with Crippen molar-refractivity contribution >= 4 is 21.6 Å². The maximum absolute atomic E-state index is 13.0. The SMILES string of the molecule is CCOc1ccccc1-c1noc(C2CCCN(S(=O)(=O)c3ccc(Cl)cc3)C2)n1. The molecular formula is C21H22ClN3O4S. The van der Waals surface area contributed by atoms with Gasteiger partial charge in [0.05, 0.1) is 23.0 Å². The summed E-state index contributed by atoms with van der Waals surface area (Å²) < 4.78 is 38.7. The van der Waals surface area contributed by atoms with Gasteiger partial charge < -0.3 is 9.26 Å². The number of hydrogen-bond acceptors (Lipinski definition) is 6. The molecule has 0 radical (unpaired) electrons. The quantitative estimate of drug-likeness (QED) is 0.558. The summed E-state index contributed by atoms with van der Waals surface area (Å²) in [7, 11) is -3.61. The van der Waals surface area contributed by atoms with E-state index in [0.29, 0.717) is 48.6 Å². The third kappa shape index (κ3) is 4.21. The van der Waals surface area contributed by atoms with Gasteiger partial charge in [-0.1, -0.05) is 28.9 Å². The highest BCUT2D eigenvalue weighted by Gasteiger charge is 2.33. The van der Waals surface area contributed by atoms with Crippen molar-refractivity contribution in [2.45, 2.75) is 30.6 Å². The number of ether oxygens (including phenoxy) is 1. The van der Waals surface area contributed by atoms with E-state index in [9.17, 15) is 8.42 Å². The van der Waals surface area contributed by atoms with Crippen molar-refractivity contribution in [1.29, 1.82) is 0 Å². The molecule has 1 aliphatic heterocycles. The molecule has 4 rings (SSSR count). The normalized spacial score (nSPS) is 17.7. The Morgan fingerprint density at radius 3 is 2.73 bits per heavy atom. The van der Waals surface area contributed by atoms with E-state index in [1.807, 2.05) is 31.2 Å². The van der Waals surface area contributed by atoms with Crippen LogP contribution in [0.1, 0.15) is 31.6 Å². The van der Waals surface area contributed by atoms with Gasteiger partial charge in [-0.15, -0.1) is 0 Å². The van der Waals surface area contributed by atoms with Crippen molar-refractivity contribution in [1.82, 2.24) is 14.4 Å². The van der Waals surface area contributed by atoms with Crippen molar-refractivity contribution in [3.05, 3.63) is 59.4 Å². The molecule has 0 bridgehead atoms. The number of sulfonamides is 1. The molecule has 2 aromatic carbocycles. The van der Waals surface area contributed by atoms with Crippen molar-refractivity contribution in [3.8, 4) is 17.1 Å². The van der Waals surface area contributed by atoms with Gasteiger partial charge in [0.25, 0.3) is 0 Å². The van der Waals surface area contributed by atoms with E-state index >= 15 is 0 Å².